The highest BCUT2D eigenvalue weighted by Gasteiger charge is 2.22. The highest BCUT2D eigenvalue weighted by Crippen LogP contribution is 2.03. The average Bonchev–Trinajstić information content (AvgIpc) is 2.77. The Balaban J connectivity index is 2.12. The van der Waals surface area contributed by atoms with Gasteiger partial charge < -0.3 is 25.5 Å². The molecule has 1 aromatic rings. The van der Waals surface area contributed by atoms with Crippen LogP contribution < -0.4 is 5.32 Å². The Kier molecular flexibility index (Phi) is 11.2. The van der Waals surface area contributed by atoms with Gasteiger partial charge in [0.05, 0.1) is 19.6 Å². The van der Waals surface area contributed by atoms with Crippen LogP contribution in [0.25, 0.3) is 0 Å². The summed E-state index contributed by atoms with van der Waals surface area (Å²) in [5.74, 6) is -3.03. The number of hydrogen-bond acceptors (Lipinski definition) is 7. The number of aliphatic carboxylic acids is 3. The van der Waals surface area contributed by atoms with Crippen molar-refractivity contribution in [2.75, 3.05) is 72.0 Å². The highest BCUT2D eigenvalue weighted by atomic mass is 16.4. The molecule has 0 bridgehead atoms. The van der Waals surface area contributed by atoms with Crippen molar-refractivity contribution in [3.63, 3.8) is 0 Å². The van der Waals surface area contributed by atoms with E-state index in [9.17, 15) is 34.5 Å². The molecule has 188 valence electrons. The van der Waals surface area contributed by atoms with Crippen LogP contribution in [-0.4, -0.2) is 131 Å². The Morgan fingerprint density at radius 2 is 1.03 bits per heavy atom. The van der Waals surface area contributed by atoms with Gasteiger partial charge in [0.1, 0.15) is 0 Å². The smallest absolute Gasteiger partial charge is 0.317 e. The van der Waals surface area contributed by atoms with E-state index in [0.717, 1.165) is 5.56 Å². The van der Waals surface area contributed by atoms with Crippen molar-refractivity contribution in [3.8, 4) is 0 Å². The number of carbonyl (C=O) groups excluding carboxylic acids is 1. The van der Waals surface area contributed by atoms with Crippen molar-refractivity contribution in [2.24, 2.45) is 0 Å². The largest absolute Gasteiger partial charge is 0.480 e. The molecule has 4 N–H and O–H groups in total. The van der Waals surface area contributed by atoms with Crippen LogP contribution in [0.15, 0.2) is 30.3 Å². The van der Waals surface area contributed by atoms with Crippen LogP contribution >= 0.6 is 0 Å². The van der Waals surface area contributed by atoms with Crippen LogP contribution in [0.4, 0.5) is 4.79 Å². The van der Waals surface area contributed by atoms with Gasteiger partial charge in [-0.2, -0.15) is 0 Å². The summed E-state index contributed by atoms with van der Waals surface area (Å²) in [6, 6.07) is 9.09. The standard InChI is InChI=1S/C22H33N5O7/c28-19(29)15-24-6-8-25(16-20(30)31)10-12-27(13-11-26(9-7-24)17-21(32)33)22(34)23-14-18-4-2-1-3-5-18/h1-5H,6-17H2,(H,23,34)(H,28,29)(H,30,31)(H,32,33). The first-order valence-corrected chi connectivity index (χ1v) is 11.1. The minimum Gasteiger partial charge on any atom is -0.480 e. The van der Waals surface area contributed by atoms with Gasteiger partial charge in [-0.25, -0.2) is 4.79 Å². The van der Waals surface area contributed by atoms with Crippen molar-refractivity contribution in [2.45, 2.75) is 6.54 Å². The molecule has 0 saturated carbocycles. The minimum absolute atomic E-state index is 0.226. The Labute approximate surface area is 198 Å². The van der Waals surface area contributed by atoms with Gasteiger partial charge in [0.2, 0.25) is 0 Å². The van der Waals surface area contributed by atoms with Crippen LogP contribution in [0.5, 0.6) is 0 Å². The van der Waals surface area contributed by atoms with Gasteiger partial charge in [0.25, 0.3) is 0 Å². The molecule has 1 aliphatic heterocycles. The molecule has 1 aliphatic rings. The molecule has 1 saturated heterocycles. The third-order valence-corrected chi connectivity index (χ3v) is 5.49. The first-order valence-electron chi connectivity index (χ1n) is 11.1. The van der Waals surface area contributed by atoms with Gasteiger partial charge in [-0.15, -0.1) is 0 Å². The van der Waals surface area contributed by atoms with Crippen LogP contribution in [0, 0.1) is 0 Å². The van der Waals surface area contributed by atoms with E-state index in [1.807, 2.05) is 30.3 Å². The van der Waals surface area contributed by atoms with Gasteiger partial charge in [-0.05, 0) is 5.56 Å². The number of benzene rings is 1. The van der Waals surface area contributed by atoms with Crippen LogP contribution in [-0.2, 0) is 20.9 Å². The zero-order valence-electron chi connectivity index (χ0n) is 19.1. The fourth-order valence-electron chi connectivity index (χ4n) is 3.67. The Hall–Kier alpha value is -3.22. The summed E-state index contributed by atoms with van der Waals surface area (Å²) in [5, 5.41) is 30.6. The maximum Gasteiger partial charge on any atom is 0.317 e. The lowest BCUT2D eigenvalue weighted by atomic mass is 10.2. The minimum atomic E-state index is -1.01. The van der Waals surface area contributed by atoms with Crippen LogP contribution in [0.2, 0.25) is 0 Å². The second-order valence-electron chi connectivity index (χ2n) is 8.14. The summed E-state index contributed by atoms with van der Waals surface area (Å²) in [5.41, 5.74) is 0.934. The van der Waals surface area contributed by atoms with Crippen LogP contribution in [0.3, 0.4) is 0 Å². The fraction of sp³-hybridized carbons (Fsp3) is 0.545. The number of hydrogen-bond donors (Lipinski definition) is 4. The number of rotatable bonds is 8. The van der Waals surface area contributed by atoms with Gasteiger partial charge in [0.15, 0.2) is 0 Å². The summed E-state index contributed by atoms with van der Waals surface area (Å²) < 4.78 is 0. The predicted octanol–water partition coefficient (Wildman–Crippen LogP) is -0.628. The maximum atomic E-state index is 12.9. The quantitative estimate of drug-likeness (QED) is 0.379. The monoisotopic (exact) mass is 479 g/mol. The molecule has 1 fully saturated rings. The fourth-order valence-corrected chi connectivity index (χ4v) is 3.67. The van der Waals surface area contributed by atoms with E-state index < -0.39 is 17.9 Å². The molecule has 1 aromatic carbocycles. The predicted molar refractivity (Wildman–Crippen MR) is 122 cm³/mol. The van der Waals surface area contributed by atoms with Crippen molar-refractivity contribution < 1.29 is 34.5 Å². The van der Waals surface area contributed by atoms with Crippen molar-refractivity contribution in [3.05, 3.63) is 35.9 Å². The molecular formula is C22H33N5O7. The van der Waals surface area contributed by atoms with Gasteiger partial charge in [-0.1, -0.05) is 30.3 Å². The lowest BCUT2D eigenvalue weighted by Crippen LogP contribution is -2.51. The third-order valence-electron chi connectivity index (χ3n) is 5.49. The maximum absolute atomic E-state index is 12.9. The summed E-state index contributed by atoms with van der Waals surface area (Å²) in [7, 11) is 0. The molecule has 0 aliphatic carbocycles. The Morgan fingerprint density at radius 3 is 1.41 bits per heavy atom. The first kappa shape index (κ1) is 27.0. The summed E-state index contributed by atoms with van der Waals surface area (Å²) in [4.78, 5) is 53.3. The third kappa shape index (κ3) is 10.6. The highest BCUT2D eigenvalue weighted by molar-refractivity contribution is 5.74. The molecule has 0 radical (unpaired) electrons. The molecule has 12 heteroatoms. The number of urea groups is 1. The average molecular weight is 480 g/mol. The molecule has 1 heterocycles. The van der Waals surface area contributed by atoms with Crippen molar-refractivity contribution >= 4 is 23.9 Å². The summed E-state index contributed by atoms with van der Waals surface area (Å²) in [6.45, 7) is 1.92. The molecule has 2 amide bonds. The van der Waals surface area contributed by atoms with E-state index in [1.54, 1.807) is 19.6 Å². The number of carbonyl (C=O) groups is 4. The van der Waals surface area contributed by atoms with E-state index >= 15 is 0 Å². The molecule has 0 spiro atoms. The van der Waals surface area contributed by atoms with Crippen LogP contribution in [0.1, 0.15) is 5.56 Å². The first-order chi connectivity index (χ1) is 16.2. The molecule has 0 aromatic heterocycles. The van der Waals surface area contributed by atoms with E-state index in [0.29, 0.717) is 32.7 Å². The van der Waals surface area contributed by atoms with E-state index in [4.69, 9.17) is 0 Å². The molecule has 0 atom stereocenters. The Morgan fingerprint density at radius 1 is 0.647 bits per heavy atom. The SMILES string of the molecule is O=C(O)CN1CCN(CC(=O)O)CCN(C(=O)NCc2ccccc2)CCN(CC(=O)O)CC1. The molecule has 34 heavy (non-hydrogen) atoms. The van der Waals surface area contributed by atoms with Gasteiger partial charge in [0, 0.05) is 58.9 Å². The zero-order chi connectivity index (χ0) is 24.9. The Bertz CT molecular complexity index is 791. The topological polar surface area (TPSA) is 154 Å². The second-order valence-corrected chi connectivity index (χ2v) is 8.14. The molecule has 12 nitrogen and oxygen atoms in total. The van der Waals surface area contributed by atoms with E-state index in [1.165, 1.54) is 0 Å². The van der Waals surface area contributed by atoms with Gasteiger partial charge in [-0.3, -0.25) is 29.1 Å². The molecule has 0 unspecified atom stereocenters. The lowest BCUT2D eigenvalue weighted by Gasteiger charge is -2.33. The molecular weight excluding hydrogens is 446 g/mol. The number of nitrogens with one attached hydrogen (secondary N) is 1. The van der Waals surface area contributed by atoms with E-state index in [-0.39, 0.29) is 51.8 Å². The zero-order valence-corrected chi connectivity index (χ0v) is 19.1. The lowest BCUT2D eigenvalue weighted by molar-refractivity contribution is -0.140. The van der Waals surface area contributed by atoms with Crippen molar-refractivity contribution in [1.29, 1.82) is 0 Å². The number of nitrogens with zero attached hydrogens (tertiary/aromatic N) is 4. The number of carboxylic acid groups (broad SMARTS) is 3. The number of carboxylic acids is 3. The summed E-state index contributed by atoms with van der Waals surface area (Å²) >= 11 is 0. The number of amides is 2. The second kappa shape index (κ2) is 14.1. The normalized spacial score (nSPS) is 17.4. The van der Waals surface area contributed by atoms with Gasteiger partial charge >= 0.3 is 23.9 Å². The van der Waals surface area contributed by atoms with E-state index in [2.05, 4.69) is 5.32 Å². The molecule has 2 rings (SSSR count). The summed E-state index contributed by atoms with van der Waals surface area (Å²) in [6.07, 6.45) is 0. The van der Waals surface area contributed by atoms with Crippen molar-refractivity contribution in [1.82, 2.24) is 24.9 Å².